The lowest BCUT2D eigenvalue weighted by Gasteiger charge is -2.46. The van der Waals surface area contributed by atoms with Gasteiger partial charge in [-0.05, 0) is 59.8 Å². The van der Waals surface area contributed by atoms with Crippen molar-refractivity contribution >= 4 is 0 Å². The summed E-state index contributed by atoms with van der Waals surface area (Å²) in [4.78, 5) is 4.92. The van der Waals surface area contributed by atoms with Gasteiger partial charge in [0.1, 0.15) is 0 Å². The number of fused-ring (bicyclic) bond motifs is 3. The van der Waals surface area contributed by atoms with E-state index in [1.807, 2.05) is 0 Å². The third kappa shape index (κ3) is 2.58. The van der Waals surface area contributed by atoms with Crippen LogP contribution in [0.3, 0.4) is 0 Å². The number of nitrogens with zero attached hydrogens (tertiary/aromatic N) is 2. The molecule has 3 aliphatic heterocycles. The second kappa shape index (κ2) is 4.63. The molecular weight excluding hydrogens is 198 g/mol. The molecule has 1 unspecified atom stereocenters. The standard InChI is InChI=1S/C13H27N3/c1-13(2,15(3)4)10-14-12-9-16-7-5-11(12)6-8-16/h11-12,14H,5-10H2,1-4H3. The maximum atomic E-state index is 3.79. The molecule has 3 heteroatoms. The zero-order valence-corrected chi connectivity index (χ0v) is 11.3. The number of rotatable bonds is 4. The van der Waals surface area contributed by atoms with Gasteiger partial charge in [0.05, 0.1) is 0 Å². The highest BCUT2D eigenvalue weighted by atomic mass is 15.2. The van der Waals surface area contributed by atoms with Crippen LogP contribution in [0.5, 0.6) is 0 Å². The van der Waals surface area contributed by atoms with Crippen LogP contribution in [0.2, 0.25) is 0 Å². The van der Waals surface area contributed by atoms with E-state index in [2.05, 4.69) is 43.1 Å². The zero-order valence-electron chi connectivity index (χ0n) is 11.3. The molecule has 3 nitrogen and oxygen atoms in total. The highest BCUT2D eigenvalue weighted by Gasteiger charge is 2.34. The molecule has 16 heavy (non-hydrogen) atoms. The van der Waals surface area contributed by atoms with E-state index in [1.165, 1.54) is 32.5 Å². The molecule has 0 spiro atoms. The molecule has 3 fully saturated rings. The summed E-state index contributed by atoms with van der Waals surface area (Å²) in [6.07, 6.45) is 2.81. The summed E-state index contributed by atoms with van der Waals surface area (Å²) in [6, 6.07) is 0.738. The first-order valence-electron chi connectivity index (χ1n) is 6.62. The third-order valence-electron chi connectivity index (χ3n) is 4.66. The van der Waals surface area contributed by atoms with Gasteiger partial charge in [0, 0.05) is 24.7 Å². The molecule has 3 aliphatic rings. The van der Waals surface area contributed by atoms with Crippen molar-refractivity contribution in [2.45, 2.75) is 38.3 Å². The Balaban J connectivity index is 1.82. The molecule has 3 heterocycles. The van der Waals surface area contributed by atoms with Gasteiger partial charge in [0.15, 0.2) is 0 Å². The van der Waals surface area contributed by atoms with Crippen LogP contribution in [0.15, 0.2) is 0 Å². The average Bonchev–Trinajstić information content (AvgIpc) is 2.28. The number of nitrogens with one attached hydrogen (secondary N) is 1. The number of hydrogen-bond donors (Lipinski definition) is 1. The van der Waals surface area contributed by atoms with Crippen molar-refractivity contribution in [3.05, 3.63) is 0 Å². The molecule has 0 radical (unpaired) electrons. The van der Waals surface area contributed by atoms with E-state index in [0.717, 1.165) is 18.5 Å². The Labute approximate surface area is 100 Å². The third-order valence-corrected chi connectivity index (χ3v) is 4.66. The lowest BCUT2D eigenvalue weighted by molar-refractivity contribution is 0.0638. The topological polar surface area (TPSA) is 18.5 Å². The van der Waals surface area contributed by atoms with Crippen molar-refractivity contribution in [1.29, 1.82) is 0 Å². The van der Waals surface area contributed by atoms with E-state index in [1.54, 1.807) is 0 Å². The minimum absolute atomic E-state index is 0.256. The van der Waals surface area contributed by atoms with E-state index in [-0.39, 0.29) is 5.54 Å². The number of hydrogen-bond acceptors (Lipinski definition) is 3. The van der Waals surface area contributed by atoms with Crippen molar-refractivity contribution < 1.29 is 0 Å². The zero-order chi connectivity index (χ0) is 11.8. The maximum absolute atomic E-state index is 3.79. The van der Waals surface area contributed by atoms with Crippen LogP contribution < -0.4 is 5.32 Å². The van der Waals surface area contributed by atoms with Crippen LogP contribution >= 0.6 is 0 Å². The second-order valence-corrected chi connectivity index (χ2v) is 6.33. The summed E-state index contributed by atoms with van der Waals surface area (Å²) in [5, 5.41) is 3.79. The van der Waals surface area contributed by atoms with Gasteiger partial charge in [-0.1, -0.05) is 0 Å². The second-order valence-electron chi connectivity index (χ2n) is 6.33. The average molecular weight is 225 g/mol. The Bertz CT molecular complexity index is 229. The van der Waals surface area contributed by atoms with Crippen molar-refractivity contribution in [1.82, 2.24) is 15.1 Å². The fourth-order valence-corrected chi connectivity index (χ4v) is 2.74. The van der Waals surface area contributed by atoms with E-state index in [9.17, 15) is 0 Å². The van der Waals surface area contributed by atoms with Gasteiger partial charge in [-0.15, -0.1) is 0 Å². The summed E-state index contributed by atoms with van der Waals surface area (Å²) < 4.78 is 0. The largest absolute Gasteiger partial charge is 0.311 e. The van der Waals surface area contributed by atoms with Crippen molar-refractivity contribution in [2.75, 3.05) is 40.3 Å². The van der Waals surface area contributed by atoms with Crippen molar-refractivity contribution in [3.63, 3.8) is 0 Å². The Morgan fingerprint density at radius 3 is 2.31 bits per heavy atom. The molecule has 94 valence electrons. The van der Waals surface area contributed by atoms with Gasteiger partial charge in [-0.25, -0.2) is 0 Å². The van der Waals surface area contributed by atoms with Crippen LogP contribution in [-0.4, -0.2) is 61.7 Å². The van der Waals surface area contributed by atoms with E-state index in [0.29, 0.717) is 0 Å². The van der Waals surface area contributed by atoms with Crippen LogP contribution in [0.4, 0.5) is 0 Å². The van der Waals surface area contributed by atoms with E-state index in [4.69, 9.17) is 0 Å². The molecule has 1 N–H and O–H groups in total. The lowest BCUT2D eigenvalue weighted by atomic mass is 9.83. The molecule has 0 amide bonds. The molecule has 0 aromatic carbocycles. The highest BCUT2D eigenvalue weighted by molar-refractivity contribution is 4.92. The SMILES string of the molecule is CN(C)C(C)(C)CNC1CN2CCC1CC2. The van der Waals surface area contributed by atoms with Crippen molar-refractivity contribution in [2.24, 2.45) is 5.92 Å². The Morgan fingerprint density at radius 2 is 1.88 bits per heavy atom. The van der Waals surface area contributed by atoms with Gasteiger partial charge in [0.25, 0.3) is 0 Å². The van der Waals surface area contributed by atoms with Crippen molar-refractivity contribution in [3.8, 4) is 0 Å². The summed E-state index contributed by atoms with van der Waals surface area (Å²) in [5.74, 6) is 0.933. The van der Waals surface area contributed by atoms with Gasteiger partial charge >= 0.3 is 0 Å². The molecule has 2 bridgehead atoms. The van der Waals surface area contributed by atoms with Crippen LogP contribution in [0.1, 0.15) is 26.7 Å². The first kappa shape index (κ1) is 12.3. The first-order chi connectivity index (χ1) is 7.49. The Morgan fingerprint density at radius 1 is 1.25 bits per heavy atom. The predicted octanol–water partition coefficient (Wildman–Crippen LogP) is 1.01. The predicted molar refractivity (Wildman–Crippen MR) is 68.7 cm³/mol. The van der Waals surface area contributed by atoms with Crippen LogP contribution in [0, 0.1) is 5.92 Å². The fourth-order valence-electron chi connectivity index (χ4n) is 2.74. The van der Waals surface area contributed by atoms with Gasteiger partial charge in [-0.3, -0.25) is 0 Å². The summed E-state index contributed by atoms with van der Waals surface area (Å²) in [7, 11) is 4.33. The fraction of sp³-hybridized carbons (Fsp3) is 1.00. The van der Waals surface area contributed by atoms with E-state index >= 15 is 0 Å². The smallest absolute Gasteiger partial charge is 0.0271 e. The molecule has 1 atom stereocenters. The summed E-state index contributed by atoms with van der Waals surface area (Å²) in [5.41, 5.74) is 0.256. The molecule has 0 aromatic rings. The minimum atomic E-state index is 0.256. The van der Waals surface area contributed by atoms with Crippen LogP contribution in [0.25, 0.3) is 0 Å². The monoisotopic (exact) mass is 225 g/mol. The normalized spacial score (nSPS) is 34.7. The molecular formula is C13H27N3. The first-order valence-corrected chi connectivity index (χ1v) is 6.62. The summed E-state index contributed by atoms with van der Waals surface area (Å²) in [6.45, 7) is 9.64. The molecule has 3 rings (SSSR count). The van der Waals surface area contributed by atoms with Gasteiger partial charge < -0.3 is 15.1 Å². The Kier molecular flexibility index (Phi) is 3.57. The van der Waals surface area contributed by atoms with Gasteiger partial charge in [-0.2, -0.15) is 0 Å². The van der Waals surface area contributed by atoms with Gasteiger partial charge in [0.2, 0.25) is 0 Å². The van der Waals surface area contributed by atoms with E-state index < -0.39 is 0 Å². The molecule has 0 aromatic heterocycles. The summed E-state index contributed by atoms with van der Waals surface area (Å²) >= 11 is 0. The maximum Gasteiger partial charge on any atom is 0.0271 e. The Hall–Kier alpha value is -0.120. The quantitative estimate of drug-likeness (QED) is 0.770. The molecule has 3 saturated heterocycles. The van der Waals surface area contributed by atoms with Crippen LogP contribution in [-0.2, 0) is 0 Å². The number of likely N-dealkylation sites (N-methyl/N-ethyl adjacent to an activating group) is 1. The molecule has 0 saturated carbocycles. The lowest BCUT2D eigenvalue weighted by Crippen LogP contribution is -2.59. The molecule has 0 aliphatic carbocycles. The minimum Gasteiger partial charge on any atom is -0.311 e. The highest BCUT2D eigenvalue weighted by Crippen LogP contribution is 2.27. The number of piperidine rings is 3.